The van der Waals surface area contributed by atoms with Gasteiger partial charge in [-0.1, -0.05) is 6.07 Å². The van der Waals surface area contributed by atoms with Crippen molar-refractivity contribution in [1.29, 1.82) is 0 Å². The van der Waals surface area contributed by atoms with Crippen LogP contribution in [0.5, 0.6) is 0 Å². The Morgan fingerprint density at radius 2 is 2.00 bits per heavy atom. The molecule has 1 aliphatic heterocycles. The van der Waals surface area contributed by atoms with Crippen LogP contribution in [0.4, 0.5) is 0 Å². The third kappa shape index (κ3) is 3.85. The maximum Gasteiger partial charge on any atom is 0.253 e. The van der Waals surface area contributed by atoms with Crippen LogP contribution < -0.4 is 5.32 Å². The van der Waals surface area contributed by atoms with Crippen LogP contribution in [-0.4, -0.2) is 58.3 Å². The molecule has 2 atom stereocenters. The van der Waals surface area contributed by atoms with Crippen molar-refractivity contribution in [2.45, 2.75) is 50.7 Å². The van der Waals surface area contributed by atoms with Gasteiger partial charge >= 0.3 is 0 Å². The van der Waals surface area contributed by atoms with Gasteiger partial charge in [0.25, 0.3) is 5.91 Å². The Hall–Kier alpha value is -1.92. The van der Waals surface area contributed by atoms with Crippen molar-refractivity contribution in [1.82, 2.24) is 10.2 Å². The molecule has 1 aromatic rings. The summed E-state index contributed by atoms with van der Waals surface area (Å²) in [7, 11) is 0. The minimum Gasteiger partial charge on any atom is -0.388 e. The molecule has 0 radical (unpaired) electrons. The van der Waals surface area contributed by atoms with Gasteiger partial charge in [-0.15, -0.1) is 0 Å². The van der Waals surface area contributed by atoms with Crippen LogP contribution in [0.2, 0.25) is 0 Å². The zero-order chi connectivity index (χ0) is 18.0. The normalized spacial score (nSPS) is 26.0. The molecule has 0 unspecified atom stereocenters. The van der Waals surface area contributed by atoms with Crippen LogP contribution in [0.15, 0.2) is 18.2 Å². The molecule has 1 fully saturated rings. The van der Waals surface area contributed by atoms with Gasteiger partial charge in [-0.05, 0) is 55.4 Å². The molecular formula is C19H26N2O4. The van der Waals surface area contributed by atoms with Gasteiger partial charge in [0.05, 0.1) is 0 Å². The summed E-state index contributed by atoms with van der Waals surface area (Å²) >= 11 is 0. The van der Waals surface area contributed by atoms with E-state index in [9.17, 15) is 19.8 Å². The fourth-order valence-electron chi connectivity index (χ4n) is 3.68. The van der Waals surface area contributed by atoms with Gasteiger partial charge < -0.3 is 20.4 Å². The quantitative estimate of drug-likeness (QED) is 0.749. The average molecular weight is 346 g/mol. The van der Waals surface area contributed by atoms with Crippen LogP contribution in [0.3, 0.4) is 0 Å². The van der Waals surface area contributed by atoms with E-state index in [4.69, 9.17) is 0 Å². The third-order valence-electron chi connectivity index (χ3n) is 5.35. The molecular weight excluding hydrogens is 320 g/mol. The number of amides is 2. The summed E-state index contributed by atoms with van der Waals surface area (Å²) in [5, 5.41) is 23.4. The van der Waals surface area contributed by atoms with Crippen molar-refractivity contribution >= 4 is 11.8 Å². The molecule has 1 aliphatic carbocycles. The number of nitrogens with zero attached hydrogens (tertiary/aromatic N) is 1. The summed E-state index contributed by atoms with van der Waals surface area (Å²) in [6, 6.07) is 5.87. The maximum atomic E-state index is 12.8. The lowest BCUT2D eigenvalue weighted by atomic mass is 9.87. The van der Waals surface area contributed by atoms with E-state index < -0.39 is 11.7 Å². The van der Waals surface area contributed by atoms with Crippen LogP contribution in [-0.2, 0) is 17.6 Å². The van der Waals surface area contributed by atoms with Crippen molar-refractivity contribution in [3.8, 4) is 0 Å². The number of aryl methyl sites for hydroxylation is 2. The molecule has 1 aromatic carbocycles. The Morgan fingerprint density at radius 3 is 2.68 bits per heavy atom. The highest BCUT2D eigenvalue weighted by Gasteiger charge is 2.42. The minimum absolute atomic E-state index is 0.00955. The number of β-amino-alcohol motifs (C(OH)–C–C–N with tert-alkyl or cyclic N) is 1. The summed E-state index contributed by atoms with van der Waals surface area (Å²) in [6.07, 6.45) is 3.58. The van der Waals surface area contributed by atoms with Crippen molar-refractivity contribution in [3.05, 3.63) is 34.9 Å². The number of nitrogens with one attached hydrogen (secondary N) is 1. The van der Waals surface area contributed by atoms with E-state index in [1.54, 1.807) is 4.90 Å². The van der Waals surface area contributed by atoms with E-state index in [1.165, 1.54) is 24.5 Å². The number of hydrogen-bond acceptors (Lipinski definition) is 4. The Balaban J connectivity index is 1.67. The summed E-state index contributed by atoms with van der Waals surface area (Å²) in [5.41, 5.74) is 1.82. The van der Waals surface area contributed by atoms with Crippen molar-refractivity contribution in [2.75, 3.05) is 19.6 Å². The first kappa shape index (κ1) is 17.9. The average Bonchev–Trinajstić information content (AvgIpc) is 2.61. The molecule has 6 heteroatoms. The lowest BCUT2D eigenvalue weighted by Gasteiger charge is -2.42. The number of piperidine rings is 1. The molecule has 0 spiro atoms. The van der Waals surface area contributed by atoms with Gasteiger partial charge in [-0.3, -0.25) is 9.59 Å². The topological polar surface area (TPSA) is 89.9 Å². The molecule has 1 saturated heterocycles. The number of likely N-dealkylation sites (tertiary alicyclic amines) is 1. The second-order valence-electron chi connectivity index (χ2n) is 7.22. The van der Waals surface area contributed by atoms with E-state index in [0.717, 1.165) is 19.3 Å². The van der Waals surface area contributed by atoms with Gasteiger partial charge in [0.2, 0.25) is 5.91 Å². The molecule has 25 heavy (non-hydrogen) atoms. The molecule has 0 saturated carbocycles. The number of aliphatic hydroxyl groups excluding tert-OH is 1. The molecule has 1 heterocycles. The van der Waals surface area contributed by atoms with Crippen molar-refractivity contribution in [2.24, 2.45) is 0 Å². The number of hydrogen-bond donors (Lipinski definition) is 3. The highest BCUT2D eigenvalue weighted by atomic mass is 16.3. The Bertz CT molecular complexity index is 675. The summed E-state index contributed by atoms with van der Waals surface area (Å²) in [6.45, 7) is 1.77. The van der Waals surface area contributed by atoms with Crippen LogP contribution in [0.25, 0.3) is 0 Å². The SMILES string of the molecule is CC(=O)NC[C@]1(O)CCN(C(=O)c2ccc3c(c2)CCCC3)C[C@H]1O. The lowest BCUT2D eigenvalue weighted by molar-refractivity contribution is -0.127. The molecule has 3 N–H and O–H groups in total. The highest BCUT2D eigenvalue weighted by Crippen LogP contribution is 2.26. The second-order valence-corrected chi connectivity index (χ2v) is 7.22. The molecule has 2 aliphatic rings. The summed E-state index contributed by atoms with van der Waals surface area (Å²) < 4.78 is 0. The van der Waals surface area contributed by atoms with Gasteiger partial charge in [0.1, 0.15) is 11.7 Å². The first-order valence-corrected chi connectivity index (χ1v) is 8.95. The predicted octanol–water partition coefficient (Wildman–Crippen LogP) is 0.639. The van der Waals surface area contributed by atoms with Gasteiger partial charge in [0, 0.05) is 32.1 Å². The first-order chi connectivity index (χ1) is 11.9. The highest BCUT2D eigenvalue weighted by molar-refractivity contribution is 5.94. The van der Waals surface area contributed by atoms with E-state index in [-0.39, 0.29) is 31.3 Å². The van der Waals surface area contributed by atoms with Crippen LogP contribution in [0, 0.1) is 0 Å². The Labute approximate surface area is 147 Å². The molecule has 0 aromatic heterocycles. The molecule has 3 rings (SSSR count). The standard InChI is InChI=1S/C19H26N2O4/c1-13(22)20-12-19(25)8-9-21(11-17(19)23)18(24)16-7-6-14-4-2-3-5-15(14)10-16/h6-7,10,17,23,25H,2-5,8-9,11-12H2,1H3,(H,20,22)/t17-,19-/m1/s1. The molecule has 136 valence electrons. The van der Waals surface area contributed by atoms with Crippen molar-refractivity contribution < 1.29 is 19.8 Å². The maximum absolute atomic E-state index is 12.8. The largest absolute Gasteiger partial charge is 0.388 e. The number of rotatable bonds is 3. The number of aliphatic hydroxyl groups is 2. The minimum atomic E-state index is -1.39. The molecule has 6 nitrogen and oxygen atoms in total. The van der Waals surface area contributed by atoms with E-state index in [2.05, 4.69) is 5.32 Å². The van der Waals surface area contributed by atoms with E-state index in [1.807, 2.05) is 18.2 Å². The monoisotopic (exact) mass is 346 g/mol. The van der Waals surface area contributed by atoms with Gasteiger partial charge in [0.15, 0.2) is 0 Å². The van der Waals surface area contributed by atoms with Gasteiger partial charge in [-0.2, -0.15) is 0 Å². The van der Waals surface area contributed by atoms with Crippen molar-refractivity contribution in [3.63, 3.8) is 0 Å². The number of benzene rings is 1. The van der Waals surface area contributed by atoms with E-state index >= 15 is 0 Å². The third-order valence-corrected chi connectivity index (χ3v) is 5.35. The Morgan fingerprint density at radius 1 is 1.28 bits per heavy atom. The molecule has 2 amide bonds. The second kappa shape index (κ2) is 7.14. The fourth-order valence-corrected chi connectivity index (χ4v) is 3.68. The number of carbonyl (C=O) groups is 2. The first-order valence-electron chi connectivity index (χ1n) is 8.95. The fraction of sp³-hybridized carbons (Fsp3) is 0.579. The zero-order valence-electron chi connectivity index (χ0n) is 14.6. The molecule has 0 bridgehead atoms. The number of carbonyl (C=O) groups excluding carboxylic acids is 2. The van der Waals surface area contributed by atoms with Gasteiger partial charge in [-0.25, -0.2) is 0 Å². The summed E-state index contributed by atoms with van der Waals surface area (Å²) in [4.78, 5) is 25.4. The van der Waals surface area contributed by atoms with E-state index in [0.29, 0.717) is 12.1 Å². The zero-order valence-corrected chi connectivity index (χ0v) is 14.6. The van der Waals surface area contributed by atoms with Crippen LogP contribution in [0.1, 0.15) is 47.7 Å². The smallest absolute Gasteiger partial charge is 0.253 e. The number of fused-ring (bicyclic) bond motifs is 1. The predicted molar refractivity (Wildman–Crippen MR) is 93.2 cm³/mol. The summed E-state index contributed by atoms with van der Waals surface area (Å²) in [5.74, 6) is -0.373. The Kier molecular flexibility index (Phi) is 5.11. The lowest BCUT2D eigenvalue weighted by Crippen LogP contribution is -2.61. The van der Waals surface area contributed by atoms with Crippen LogP contribution >= 0.6 is 0 Å².